The molecule has 0 saturated carbocycles. The maximum absolute atomic E-state index is 10.7. The van der Waals surface area contributed by atoms with Gasteiger partial charge in [-0.2, -0.15) is 0 Å². The van der Waals surface area contributed by atoms with Gasteiger partial charge in [0.15, 0.2) is 6.61 Å². The Labute approximate surface area is 75.2 Å². The van der Waals surface area contributed by atoms with E-state index < -0.39 is 17.4 Å². The summed E-state index contributed by atoms with van der Waals surface area (Å²) in [7, 11) is 0. The van der Waals surface area contributed by atoms with Crippen LogP contribution >= 0.6 is 11.6 Å². The Balaban J connectivity index is 3.71. The number of rotatable bonds is 3. The van der Waals surface area contributed by atoms with Gasteiger partial charge in [0.05, 0.1) is 0 Å². The number of amides is 1. The van der Waals surface area contributed by atoms with E-state index in [2.05, 4.69) is 16.0 Å². The molecule has 0 aliphatic carbocycles. The van der Waals surface area contributed by atoms with Crippen molar-refractivity contribution in [1.82, 2.24) is 5.32 Å². The fourth-order valence-corrected chi connectivity index (χ4v) is 0.437. The normalized spacial score (nSPS) is 11.1. The van der Waals surface area contributed by atoms with Crippen LogP contribution in [0.15, 0.2) is 0 Å². The summed E-state index contributed by atoms with van der Waals surface area (Å²) in [5.41, 5.74) is 0. The second kappa shape index (κ2) is 5.44. The summed E-state index contributed by atoms with van der Waals surface area (Å²) in [6, 6.07) is -0.767. The molecule has 0 rings (SSSR count). The van der Waals surface area contributed by atoms with Crippen LogP contribution in [0.1, 0.15) is 6.92 Å². The van der Waals surface area contributed by atoms with E-state index in [9.17, 15) is 9.59 Å². The Morgan fingerprint density at radius 1 is 1.75 bits per heavy atom. The molecule has 1 N–H and O–H groups in total. The summed E-state index contributed by atoms with van der Waals surface area (Å²) in [5, 5.41) is 1.52. The number of alkyl carbamates (subject to hydrolysis) is 1. The van der Waals surface area contributed by atoms with Gasteiger partial charge in [-0.1, -0.05) is 5.92 Å². The Hall–Kier alpha value is -1.21. The summed E-state index contributed by atoms with van der Waals surface area (Å²) >= 11 is 5.06. The number of carbonyl (C=O) groups excluding carboxylic acids is 2. The number of ether oxygens (including phenoxy) is 1. The van der Waals surface area contributed by atoms with Crippen LogP contribution in [0.25, 0.3) is 0 Å². The Morgan fingerprint density at radius 2 is 2.33 bits per heavy atom. The molecule has 0 bridgehead atoms. The summed E-state index contributed by atoms with van der Waals surface area (Å²) in [4.78, 5) is 21.1. The van der Waals surface area contributed by atoms with Crippen molar-refractivity contribution in [3.05, 3.63) is 0 Å². The van der Waals surface area contributed by atoms with Gasteiger partial charge in [-0.3, -0.25) is 4.79 Å². The van der Waals surface area contributed by atoms with Crippen molar-refractivity contribution in [2.24, 2.45) is 0 Å². The molecule has 1 atom stereocenters. The van der Waals surface area contributed by atoms with Crippen LogP contribution in [0.4, 0.5) is 4.79 Å². The first-order chi connectivity index (χ1) is 5.57. The van der Waals surface area contributed by atoms with Crippen molar-refractivity contribution in [2.75, 3.05) is 6.61 Å². The van der Waals surface area contributed by atoms with Gasteiger partial charge < -0.3 is 10.1 Å². The minimum Gasteiger partial charge on any atom is -0.436 e. The van der Waals surface area contributed by atoms with Gasteiger partial charge in [0.2, 0.25) is 5.24 Å². The number of nitrogens with one attached hydrogen (secondary N) is 1. The van der Waals surface area contributed by atoms with Crippen LogP contribution in [0.5, 0.6) is 0 Å². The largest absolute Gasteiger partial charge is 0.436 e. The van der Waals surface area contributed by atoms with Gasteiger partial charge in [0.25, 0.3) is 0 Å². The van der Waals surface area contributed by atoms with Crippen molar-refractivity contribution in [2.45, 2.75) is 13.0 Å². The van der Waals surface area contributed by atoms with Crippen molar-refractivity contribution >= 4 is 22.9 Å². The van der Waals surface area contributed by atoms with E-state index in [-0.39, 0.29) is 6.61 Å². The highest BCUT2D eigenvalue weighted by Gasteiger charge is 2.12. The van der Waals surface area contributed by atoms with Crippen molar-refractivity contribution in [3.8, 4) is 12.3 Å². The lowest BCUT2D eigenvalue weighted by molar-refractivity contribution is -0.113. The van der Waals surface area contributed by atoms with E-state index in [1.807, 2.05) is 0 Å². The number of halogens is 1. The lowest BCUT2D eigenvalue weighted by Crippen LogP contribution is -2.36. The van der Waals surface area contributed by atoms with E-state index in [4.69, 9.17) is 18.0 Å². The molecule has 0 saturated heterocycles. The molecule has 1 amide bonds. The highest BCUT2D eigenvalue weighted by atomic mass is 35.5. The van der Waals surface area contributed by atoms with E-state index in [1.165, 1.54) is 6.92 Å². The third-order valence-corrected chi connectivity index (χ3v) is 1.29. The molecule has 0 aromatic heterocycles. The monoisotopic (exact) mass is 189 g/mol. The van der Waals surface area contributed by atoms with Gasteiger partial charge in [-0.05, 0) is 18.5 Å². The van der Waals surface area contributed by atoms with E-state index in [1.54, 1.807) is 0 Å². The molecule has 4 nitrogen and oxygen atoms in total. The molecule has 0 aromatic carbocycles. The van der Waals surface area contributed by atoms with Gasteiger partial charge in [0, 0.05) is 0 Å². The molecule has 0 aliphatic rings. The molecule has 0 aliphatic heterocycles. The quantitative estimate of drug-likeness (QED) is 0.520. The Bertz CT molecular complexity index is 221. The van der Waals surface area contributed by atoms with Crippen LogP contribution in [-0.4, -0.2) is 24.0 Å². The van der Waals surface area contributed by atoms with Gasteiger partial charge in [-0.15, -0.1) is 6.42 Å². The third-order valence-electron chi connectivity index (χ3n) is 0.961. The SMILES string of the molecule is C#CCOC(=O)N[C@@H](C)C(=O)Cl. The maximum atomic E-state index is 10.7. The summed E-state index contributed by atoms with van der Waals surface area (Å²) in [6.45, 7) is 1.31. The predicted octanol–water partition coefficient (Wildman–Crippen LogP) is 0.500. The van der Waals surface area contributed by atoms with Crippen molar-refractivity contribution in [1.29, 1.82) is 0 Å². The second-order valence-corrected chi connectivity index (χ2v) is 2.32. The second-order valence-electron chi connectivity index (χ2n) is 1.95. The average molecular weight is 190 g/mol. The first-order valence-corrected chi connectivity index (χ1v) is 3.51. The van der Waals surface area contributed by atoms with Gasteiger partial charge in [-0.25, -0.2) is 4.79 Å². The molecule has 12 heavy (non-hydrogen) atoms. The lowest BCUT2D eigenvalue weighted by Gasteiger charge is -2.07. The fraction of sp³-hybridized carbons (Fsp3) is 0.429. The molecule has 0 fully saturated rings. The highest BCUT2D eigenvalue weighted by molar-refractivity contribution is 6.64. The highest BCUT2D eigenvalue weighted by Crippen LogP contribution is 1.90. The fourth-order valence-electron chi connectivity index (χ4n) is 0.382. The standard InChI is InChI=1S/C7H8ClNO3/c1-3-4-12-7(11)9-5(2)6(8)10/h1,5H,4H2,2H3,(H,9,11)/t5-/m0/s1. The van der Waals surface area contributed by atoms with Crippen LogP contribution in [0.2, 0.25) is 0 Å². The zero-order chi connectivity index (χ0) is 9.56. The van der Waals surface area contributed by atoms with Crippen molar-refractivity contribution in [3.63, 3.8) is 0 Å². The number of hydrogen-bond donors (Lipinski definition) is 1. The molecular formula is C7H8ClNO3. The van der Waals surface area contributed by atoms with Gasteiger partial charge >= 0.3 is 6.09 Å². The van der Waals surface area contributed by atoms with E-state index in [0.29, 0.717) is 0 Å². The molecule has 0 spiro atoms. The summed E-state index contributed by atoms with van der Waals surface area (Å²) in [6.07, 6.45) is 4.06. The minimum atomic E-state index is -0.767. The number of terminal acetylenes is 1. The maximum Gasteiger partial charge on any atom is 0.408 e. The first-order valence-electron chi connectivity index (χ1n) is 3.14. The Kier molecular flexibility index (Phi) is 4.89. The molecule has 5 heteroatoms. The number of hydrogen-bond acceptors (Lipinski definition) is 3. The molecular weight excluding hydrogens is 182 g/mol. The lowest BCUT2D eigenvalue weighted by atomic mass is 10.4. The first kappa shape index (κ1) is 10.8. The molecule has 0 aromatic rings. The van der Waals surface area contributed by atoms with Crippen LogP contribution < -0.4 is 5.32 Å². The minimum absolute atomic E-state index is 0.130. The van der Waals surface area contributed by atoms with E-state index >= 15 is 0 Å². The molecule has 0 radical (unpaired) electrons. The summed E-state index contributed by atoms with van der Waals surface area (Å²) < 4.78 is 4.41. The van der Waals surface area contributed by atoms with Crippen molar-refractivity contribution < 1.29 is 14.3 Å². The predicted molar refractivity (Wildman–Crippen MR) is 43.6 cm³/mol. The van der Waals surface area contributed by atoms with Crippen LogP contribution in [0.3, 0.4) is 0 Å². The van der Waals surface area contributed by atoms with Gasteiger partial charge in [0.1, 0.15) is 6.04 Å². The summed E-state index contributed by atoms with van der Waals surface area (Å²) in [5.74, 6) is 2.10. The molecule has 0 unspecified atom stereocenters. The zero-order valence-corrected chi connectivity index (χ0v) is 7.22. The van der Waals surface area contributed by atoms with Crippen LogP contribution in [-0.2, 0) is 9.53 Å². The Morgan fingerprint density at radius 3 is 2.75 bits per heavy atom. The molecule has 66 valence electrons. The molecule has 0 heterocycles. The zero-order valence-electron chi connectivity index (χ0n) is 6.46. The average Bonchev–Trinajstić information content (AvgIpc) is 2.00. The number of carbonyl (C=O) groups is 2. The third kappa shape index (κ3) is 4.58. The smallest absolute Gasteiger partial charge is 0.408 e. The van der Waals surface area contributed by atoms with E-state index in [0.717, 1.165) is 0 Å². The topological polar surface area (TPSA) is 55.4 Å². The van der Waals surface area contributed by atoms with Crippen LogP contribution in [0, 0.1) is 12.3 Å².